The highest BCUT2D eigenvalue weighted by Crippen LogP contribution is 2.31. The number of ether oxygens (including phenoxy) is 1. The first-order valence-electron chi connectivity index (χ1n) is 8.97. The van der Waals surface area contributed by atoms with Crippen molar-refractivity contribution in [2.45, 2.75) is 26.7 Å². The van der Waals surface area contributed by atoms with E-state index >= 15 is 0 Å². The molecule has 0 bridgehead atoms. The second kappa shape index (κ2) is 8.01. The van der Waals surface area contributed by atoms with E-state index in [2.05, 4.69) is 19.2 Å². The molecule has 2 aromatic rings. The van der Waals surface area contributed by atoms with Crippen LogP contribution >= 0.6 is 11.6 Å². The Kier molecular flexibility index (Phi) is 5.71. The number of fused-ring (bicyclic) bond motifs is 1. The van der Waals surface area contributed by atoms with Crippen LogP contribution in [0.2, 0.25) is 5.02 Å². The van der Waals surface area contributed by atoms with Gasteiger partial charge in [-0.05, 0) is 54.3 Å². The van der Waals surface area contributed by atoms with Crippen molar-refractivity contribution in [3.63, 3.8) is 0 Å². The van der Waals surface area contributed by atoms with Gasteiger partial charge in [0, 0.05) is 29.4 Å². The monoisotopic (exact) mass is 386 g/mol. The number of rotatable bonds is 5. The van der Waals surface area contributed by atoms with Crippen LogP contribution in [0.15, 0.2) is 36.4 Å². The Morgan fingerprint density at radius 1 is 1.22 bits per heavy atom. The Labute approximate surface area is 164 Å². The minimum Gasteiger partial charge on any atom is -0.496 e. The molecule has 3 rings (SSSR count). The molecule has 0 radical (unpaired) electrons. The molecule has 0 unspecified atom stereocenters. The van der Waals surface area contributed by atoms with Gasteiger partial charge in [0.25, 0.3) is 5.91 Å². The van der Waals surface area contributed by atoms with Gasteiger partial charge >= 0.3 is 0 Å². The zero-order chi connectivity index (χ0) is 19.6. The lowest BCUT2D eigenvalue weighted by Gasteiger charge is -2.31. The highest BCUT2D eigenvalue weighted by molar-refractivity contribution is 6.31. The van der Waals surface area contributed by atoms with Crippen molar-refractivity contribution >= 4 is 34.8 Å². The van der Waals surface area contributed by atoms with Crippen molar-refractivity contribution in [3.05, 3.63) is 52.5 Å². The van der Waals surface area contributed by atoms with Crippen molar-refractivity contribution < 1.29 is 14.3 Å². The maximum absolute atomic E-state index is 12.7. The normalized spacial score (nSPS) is 13.5. The van der Waals surface area contributed by atoms with Crippen LogP contribution in [-0.2, 0) is 11.2 Å². The van der Waals surface area contributed by atoms with Gasteiger partial charge in [-0.1, -0.05) is 25.4 Å². The number of halogens is 1. The predicted octanol–water partition coefficient (Wildman–Crippen LogP) is 4.54. The fourth-order valence-electron chi connectivity index (χ4n) is 3.26. The van der Waals surface area contributed by atoms with E-state index in [9.17, 15) is 9.59 Å². The van der Waals surface area contributed by atoms with Crippen LogP contribution in [0.1, 0.15) is 36.2 Å². The Balaban J connectivity index is 1.85. The Hall–Kier alpha value is -2.53. The first-order chi connectivity index (χ1) is 12.9. The number of amides is 2. The van der Waals surface area contributed by atoms with Crippen molar-refractivity contribution in [1.82, 2.24) is 0 Å². The molecule has 1 aliphatic rings. The summed E-state index contributed by atoms with van der Waals surface area (Å²) >= 11 is 6.01. The molecule has 0 fully saturated rings. The molecule has 0 saturated heterocycles. The van der Waals surface area contributed by atoms with Crippen LogP contribution in [0.5, 0.6) is 5.75 Å². The van der Waals surface area contributed by atoms with E-state index in [4.69, 9.17) is 16.3 Å². The summed E-state index contributed by atoms with van der Waals surface area (Å²) in [4.78, 5) is 26.8. The number of carbonyl (C=O) groups is 2. The van der Waals surface area contributed by atoms with Crippen molar-refractivity contribution in [1.29, 1.82) is 0 Å². The highest BCUT2D eigenvalue weighted by atomic mass is 35.5. The summed E-state index contributed by atoms with van der Waals surface area (Å²) < 4.78 is 5.25. The molecule has 0 saturated carbocycles. The fourth-order valence-corrected chi connectivity index (χ4v) is 3.43. The summed E-state index contributed by atoms with van der Waals surface area (Å²) in [5, 5.41) is 3.36. The number of anilines is 2. The number of benzene rings is 2. The Morgan fingerprint density at radius 3 is 2.70 bits per heavy atom. The number of nitrogens with zero attached hydrogens (tertiary/aromatic N) is 1. The predicted molar refractivity (Wildman–Crippen MR) is 108 cm³/mol. The number of hydrogen-bond donors (Lipinski definition) is 1. The second-order valence-corrected chi connectivity index (χ2v) is 7.48. The third kappa shape index (κ3) is 4.25. The van der Waals surface area contributed by atoms with Crippen molar-refractivity contribution in [3.8, 4) is 5.75 Å². The standard InChI is InChI=1S/C21H23ClN2O3/c1-13(2)12-24-18-7-6-16(10-14(18)4-9-20(24)25)23-21(26)17-11-15(22)5-8-19(17)27-3/h5-8,10-11,13H,4,9,12H2,1-3H3,(H,23,26). The smallest absolute Gasteiger partial charge is 0.259 e. The van der Waals surface area contributed by atoms with E-state index in [1.807, 2.05) is 23.1 Å². The van der Waals surface area contributed by atoms with E-state index in [-0.39, 0.29) is 11.8 Å². The molecule has 27 heavy (non-hydrogen) atoms. The zero-order valence-electron chi connectivity index (χ0n) is 15.7. The molecule has 0 aromatic heterocycles. The average molecular weight is 387 g/mol. The third-order valence-electron chi connectivity index (χ3n) is 4.49. The van der Waals surface area contributed by atoms with Crippen LogP contribution in [-0.4, -0.2) is 25.5 Å². The van der Waals surface area contributed by atoms with Gasteiger partial charge in [0.1, 0.15) is 5.75 Å². The summed E-state index contributed by atoms with van der Waals surface area (Å²) in [6.45, 7) is 4.88. The molecule has 0 aliphatic carbocycles. The number of hydrogen-bond acceptors (Lipinski definition) is 3. The molecule has 5 nitrogen and oxygen atoms in total. The molecule has 2 amide bonds. The Morgan fingerprint density at radius 2 is 2.00 bits per heavy atom. The quantitative estimate of drug-likeness (QED) is 0.820. The molecule has 1 N–H and O–H groups in total. The Bertz CT molecular complexity index is 880. The van der Waals surface area contributed by atoms with E-state index in [1.165, 1.54) is 7.11 Å². The maximum Gasteiger partial charge on any atom is 0.259 e. The van der Waals surface area contributed by atoms with Crippen LogP contribution in [0.4, 0.5) is 11.4 Å². The van der Waals surface area contributed by atoms with Crippen LogP contribution in [0, 0.1) is 5.92 Å². The zero-order valence-corrected chi connectivity index (χ0v) is 16.5. The number of aryl methyl sites for hydroxylation is 1. The average Bonchev–Trinajstić information content (AvgIpc) is 2.63. The van der Waals surface area contributed by atoms with E-state index < -0.39 is 0 Å². The molecule has 6 heteroatoms. The summed E-state index contributed by atoms with van der Waals surface area (Å²) in [7, 11) is 1.51. The van der Waals surface area contributed by atoms with Gasteiger partial charge in [-0.2, -0.15) is 0 Å². The molecule has 2 aromatic carbocycles. The van der Waals surface area contributed by atoms with Crippen LogP contribution < -0.4 is 15.0 Å². The first-order valence-corrected chi connectivity index (χ1v) is 9.35. The topological polar surface area (TPSA) is 58.6 Å². The molecular weight excluding hydrogens is 364 g/mol. The molecule has 142 valence electrons. The summed E-state index contributed by atoms with van der Waals surface area (Å²) in [6, 6.07) is 10.6. The lowest BCUT2D eigenvalue weighted by atomic mass is 9.99. The van der Waals surface area contributed by atoms with E-state index in [0.29, 0.717) is 47.3 Å². The minimum atomic E-state index is -0.291. The van der Waals surface area contributed by atoms with Crippen molar-refractivity contribution in [2.24, 2.45) is 5.92 Å². The van der Waals surface area contributed by atoms with Gasteiger partial charge in [0.05, 0.1) is 12.7 Å². The van der Waals surface area contributed by atoms with Gasteiger partial charge in [-0.25, -0.2) is 0 Å². The molecular formula is C21H23ClN2O3. The van der Waals surface area contributed by atoms with Gasteiger partial charge < -0.3 is 15.0 Å². The molecule has 0 atom stereocenters. The lowest BCUT2D eigenvalue weighted by Crippen LogP contribution is -2.37. The number of nitrogens with one attached hydrogen (secondary N) is 1. The molecule has 1 aliphatic heterocycles. The molecule has 1 heterocycles. The summed E-state index contributed by atoms with van der Waals surface area (Å²) in [6.07, 6.45) is 1.16. The van der Waals surface area contributed by atoms with E-state index in [0.717, 1.165) is 11.3 Å². The number of carbonyl (C=O) groups excluding carboxylic acids is 2. The van der Waals surface area contributed by atoms with Gasteiger partial charge in [-0.3, -0.25) is 9.59 Å². The SMILES string of the molecule is COc1ccc(Cl)cc1C(=O)Nc1ccc2c(c1)CCC(=O)N2CC(C)C. The fraction of sp³-hybridized carbons (Fsp3) is 0.333. The summed E-state index contributed by atoms with van der Waals surface area (Å²) in [5.41, 5.74) is 3.04. The van der Waals surface area contributed by atoms with Crippen molar-refractivity contribution in [2.75, 3.05) is 23.9 Å². The molecule has 0 spiro atoms. The van der Waals surface area contributed by atoms with Gasteiger partial charge in [0.15, 0.2) is 0 Å². The minimum absolute atomic E-state index is 0.150. The first kappa shape index (κ1) is 19.2. The van der Waals surface area contributed by atoms with Crippen LogP contribution in [0.3, 0.4) is 0 Å². The second-order valence-electron chi connectivity index (χ2n) is 7.04. The van der Waals surface area contributed by atoms with Gasteiger partial charge in [0.2, 0.25) is 5.91 Å². The summed E-state index contributed by atoms with van der Waals surface area (Å²) in [5.74, 6) is 0.704. The largest absolute Gasteiger partial charge is 0.496 e. The highest BCUT2D eigenvalue weighted by Gasteiger charge is 2.25. The lowest BCUT2D eigenvalue weighted by molar-refractivity contribution is -0.119. The van der Waals surface area contributed by atoms with E-state index in [1.54, 1.807) is 18.2 Å². The number of methoxy groups -OCH3 is 1. The maximum atomic E-state index is 12.7. The third-order valence-corrected chi connectivity index (χ3v) is 4.73. The van der Waals surface area contributed by atoms with Crippen LogP contribution in [0.25, 0.3) is 0 Å². The van der Waals surface area contributed by atoms with Gasteiger partial charge in [-0.15, -0.1) is 0 Å².